The van der Waals surface area contributed by atoms with Gasteiger partial charge < -0.3 is 15.0 Å². The second-order valence-electron chi connectivity index (χ2n) is 10.1. The summed E-state index contributed by atoms with van der Waals surface area (Å²) in [4.78, 5) is 28.6. The number of hydrogen-bond donors (Lipinski definition) is 1. The standard InChI is InChI=1S/C27H39N3O5S/c1-9-22(26(32)28-27(4,5)6)29(17-21-13-11-10-12-20(21)3)25(31)18-30(36(8,33)34)23-16-19(2)14-15-24(23)35-7/h10-16,22H,9,17-18H2,1-8H3,(H,28,32). The van der Waals surface area contributed by atoms with Crippen LogP contribution in [0.2, 0.25) is 0 Å². The van der Waals surface area contributed by atoms with E-state index in [9.17, 15) is 18.0 Å². The largest absolute Gasteiger partial charge is 0.495 e. The molecule has 0 bridgehead atoms. The van der Waals surface area contributed by atoms with Gasteiger partial charge in [-0.05, 0) is 69.9 Å². The molecule has 9 heteroatoms. The molecule has 198 valence electrons. The summed E-state index contributed by atoms with van der Waals surface area (Å²) in [6.45, 7) is 10.9. The minimum Gasteiger partial charge on any atom is -0.495 e. The quantitative estimate of drug-likeness (QED) is 0.517. The zero-order valence-corrected chi connectivity index (χ0v) is 23.4. The molecular formula is C27H39N3O5S. The Morgan fingerprint density at radius 1 is 1.08 bits per heavy atom. The lowest BCUT2D eigenvalue weighted by Gasteiger charge is -2.35. The second kappa shape index (κ2) is 11.8. The monoisotopic (exact) mass is 517 g/mol. The van der Waals surface area contributed by atoms with Gasteiger partial charge in [0, 0.05) is 12.1 Å². The number of benzene rings is 2. The zero-order valence-electron chi connectivity index (χ0n) is 22.6. The van der Waals surface area contributed by atoms with E-state index in [2.05, 4.69) is 5.32 Å². The number of methoxy groups -OCH3 is 1. The van der Waals surface area contributed by atoms with Crippen molar-refractivity contribution in [3.63, 3.8) is 0 Å². The molecule has 2 amide bonds. The summed E-state index contributed by atoms with van der Waals surface area (Å²) < 4.78 is 32.2. The molecule has 0 aliphatic heterocycles. The Labute approximate surface area is 215 Å². The van der Waals surface area contributed by atoms with Gasteiger partial charge >= 0.3 is 0 Å². The van der Waals surface area contributed by atoms with Crippen LogP contribution in [-0.2, 0) is 26.2 Å². The molecule has 2 rings (SSSR count). The van der Waals surface area contributed by atoms with Crippen LogP contribution in [0.25, 0.3) is 0 Å². The Morgan fingerprint density at radius 2 is 1.72 bits per heavy atom. The summed E-state index contributed by atoms with van der Waals surface area (Å²) in [5.74, 6) is -0.434. The Bertz CT molecular complexity index is 1190. The number of anilines is 1. The molecule has 1 atom stereocenters. The number of nitrogens with zero attached hydrogens (tertiary/aromatic N) is 2. The Balaban J connectivity index is 2.55. The Hall–Kier alpha value is -3.07. The molecule has 0 saturated carbocycles. The first-order chi connectivity index (χ1) is 16.7. The highest BCUT2D eigenvalue weighted by Crippen LogP contribution is 2.31. The predicted molar refractivity (Wildman–Crippen MR) is 144 cm³/mol. The first kappa shape index (κ1) is 29.2. The molecule has 1 N–H and O–H groups in total. The minimum atomic E-state index is -3.85. The van der Waals surface area contributed by atoms with E-state index in [1.54, 1.807) is 18.2 Å². The number of nitrogens with one attached hydrogen (secondary N) is 1. The van der Waals surface area contributed by atoms with Crippen molar-refractivity contribution in [1.29, 1.82) is 0 Å². The van der Waals surface area contributed by atoms with Crippen LogP contribution in [0.4, 0.5) is 5.69 Å². The summed E-state index contributed by atoms with van der Waals surface area (Å²) in [5.41, 5.74) is 2.46. The number of carbonyl (C=O) groups is 2. The molecule has 0 spiro atoms. The third kappa shape index (κ3) is 7.71. The van der Waals surface area contributed by atoms with Gasteiger partial charge in [-0.2, -0.15) is 0 Å². The van der Waals surface area contributed by atoms with Gasteiger partial charge in [0.1, 0.15) is 18.3 Å². The van der Waals surface area contributed by atoms with Crippen LogP contribution in [0.1, 0.15) is 50.8 Å². The molecule has 0 aliphatic carbocycles. The average molecular weight is 518 g/mol. The smallest absolute Gasteiger partial charge is 0.244 e. The van der Waals surface area contributed by atoms with Crippen molar-refractivity contribution in [2.45, 2.75) is 66.1 Å². The third-order valence-electron chi connectivity index (χ3n) is 5.77. The maximum Gasteiger partial charge on any atom is 0.244 e. The zero-order chi connectivity index (χ0) is 27.3. The van der Waals surface area contributed by atoms with Crippen LogP contribution in [0.15, 0.2) is 42.5 Å². The maximum absolute atomic E-state index is 13.8. The first-order valence-electron chi connectivity index (χ1n) is 12.0. The second-order valence-corrected chi connectivity index (χ2v) is 12.0. The average Bonchev–Trinajstić information content (AvgIpc) is 2.76. The summed E-state index contributed by atoms with van der Waals surface area (Å²) in [6.07, 6.45) is 1.42. The lowest BCUT2D eigenvalue weighted by molar-refractivity contribution is -0.141. The van der Waals surface area contributed by atoms with Crippen molar-refractivity contribution >= 4 is 27.5 Å². The lowest BCUT2D eigenvalue weighted by atomic mass is 10.0. The topological polar surface area (TPSA) is 96.0 Å². The highest BCUT2D eigenvalue weighted by molar-refractivity contribution is 7.92. The fourth-order valence-electron chi connectivity index (χ4n) is 3.93. The van der Waals surface area contributed by atoms with Gasteiger partial charge in [-0.15, -0.1) is 0 Å². The van der Waals surface area contributed by atoms with Gasteiger partial charge in [-0.3, -0.25) is 13.9 Å². The van der Waals surface area contributed by atoms with E-state index in [-0.39, 0.29) is 18.1 Å². The van der Waals surface area contributed by atoms with Crippen molar-refractivity contribution in [2.75, 3.05) is 24.2 Å². The molecule has 0 fully saturated rings. The number of amides is 2. The van der Waals surface area contributed by atoms with Gasteiger partial charge in [0.05, 0.1) is 19.1 Å². The summed E-state index contributed by atoms with van der Waals surface area (Å²) in [6, 6.07) is 12.0. The van der Waals surface area contributed by atoms with Gasteiger partial charge in [0.2, 0.25) is 21.8 Å². The van der Waals surface area contributed by atoms with Crippen LogP contribution >= 0.6 is 0 Å². The molecule has 36 heavy (non-hydrogen) atoms. The van der Waals surface area contributed by atoms with E-state index >= 15 is 0 Å². The van der Waals surface area contributed by atoms with Crippen LogP contribution in [0, 0.1) is 13.8 Å². The molecule has 1 unspecified atom stereocenters. The molecule has 2 aromatic carbocycles. The van der Waals surface area contributed by atoms with Gasteiger partial charge in [0.25, 0.3) is 0 Å². The lowest BCUT2D eigenvalue weighted by Crippen LogP contribution is -2.55. The minimum absolute atomic E-state index is 0.171. The van der Waals surface area contributed by atoms with E-state index in [0.717, 1.165) is 27.3 Å². The van der Waals surface area contributed by atoms with Gasteiger partial charge in [-0.25, -0.2) is 8.42 Å². The summed E-state index contributed by atoms with van der Waals surface area (Å²) in [7, 11) is -2.40. The van der Waals surface area contributed by atoms with Crippen molar-refractivity contribution in [1.82, 2.24) is 10.2 Å². The van der Waals surface area contributed by atoms with Crippen LogP contribution in [0.3, 0.4) is 0 Å². The summed E-state index contributed by atoms with van der Waals surface area (Å²) in [5, 5.41) is 2.96. The van der Waals surface area contributed by atoms with Crippen LogP contribution < -0.4 is 14.4 Å². The SMILES string of the molecule is CCC(C(=O)NC(C)(C)C)N(Cc1ccccc1C)C(=O)CN(c1cc(C)ccc1OC)S(C)(=O)=O. The van der Waals surface area contributed by atoms with Crippen LogP contribution in [-0.4, -0.2) is 56.6 Å². The summed E-state index contributed by atoms with van der Waals surface area (Å²) >= 11 is 0. The van der Waals surface area contributed by atoms with E-state index < -0.39 is 34.1 Å². The molecule has 8 nitrogen and oxygen atoms in total. The van der Waals surface area contributed by atoms with Crippen molar-refractivity contribution in [3.8, 4) is 5.75 Å². The van der Waals surface area contributed by atoms with E-state index in [1.807, 2.05) is 65.8 Å². The molecule has 0 heterocycles. The molecule has 0 aliphatic rings. The number of sulfonamides is 1. The first-order valence-corrected chi connectivity index (χ1v) is 13.8. The normalized spacial score (nSPS) is 12.6. The Morgan fingerprint density at radius 3 is 2.25 bits per heavy atom. The third-order valence-corrected chi connectivity index (χ3v) is 6.89. The van der Waals surface area contributed by atoms with Crippen molar-refractivity contribution < 1.29 is 22.7 Å². The molecule has 0 saturated heterocycles. The number of aryl methyl sites for hydroxylation is 2. The number of carbonyl (C=O) groups excluding carboxylic acids is 2. The van der Waals surface area contributed by atoms with Crippen LogP contribution in [0.5, 0.6) is 5.75 Å². The molecule has 0 aromatic heterocycles. The maximum atomic E-state index is 13.8. The fraction of sp³-hybridized carbons (Fsp3) is 0.481. The fourth-order valence-corrected chi connectivity index (χ4v) is 4.78. The van der Waals surface area contributed by atoms with Gasteiger partial charge in [0.15, 0.2) is 0 Å². The number of hydrogen-bond acceptors (Lipinski definition) is 5. The molecular weight excluding hydrogens is 478 g/mol. The van der Waals surface area contributed by atoms with E-state index in [1.165, 1.54) is 12.0 Å². The van der Waals surface area contributed by atoms with Crippen molar-refractivity contribution in [3.05, 3.63) is 59.2 Å². The Kier molecular flexibility index (Phi) is 9.54. The highest BCUT2D eigenvalue weighted by atomic mass is 32.2. The predicted octanol–water partition coefficient (Wildman–Crippen LogP) is 3.80. The molecule has 2 aromatic rings. The van der Waals surface area contributed by atoms with E-state index in [0.29, 0.717) is 12.2 Å². The van der Waals surface area contributed by atoms with Gasteiger partial charge in [-0.1, -0.05) is 37.3 Å². The number of ether oxygens (including phenoxy) is 1. The highest BCUT2D eigenvalue weighted by Gasteiger charge is 2.33. The molecule has 0 radical (unpaired) electrons. The van der Waals surface area contributed by atoms with Crippen molar-refractivity contribution in [2.24, 2.45) is 0 Å². The number of rotatable bonds is 10. The van der Waals surface area contributed by atoms with E-state index in [4.69, 9.17) is 4.74 Å².